The lowest BCUT2D eigenvalue weighted by molar-refractivity contribution is 0.0999. The van der Waals surface area contributed by atoms with Crippen LogP contribution in [0.15, 0.2) is 47.7 Å². The summed E-state index contributed by atoms with van der Waals surface area (Å²) in [6.07, 6.45) is 1.51. The van der Waals surface area contributed by atoms with Gasteiger partial charge in [-0.2, -0.15) is 5.10 Å². The predicted octanol–water partition coefficient (Wildman–Crippen LogP) is 3.20. The van der Waals surface area contributed by atoms with Gasteiger partial charge in [-0.15, -0.1) is 0 Å². The van der Waals surface area contributed by atoms with Gasteiger partial charge in [0.15, 0.2) is 5.78 Å². The number of Topliss-reactive ketones (excluding diaryl/α,β-unsaturated/α-hetero) is 1. The first-order chi connectivity index (χ1) is 13.5. The van der Waals surface area contributed by atoms with E-state index in [9.17, 15) is 9.18 Å². The molecule has 2 atom stereocenters. The van der Waals surface area contributed by atoms with Gasteiger partial charge in [0.25, 0.3) is 0 Å². The zero-order valence-corrected chi connectivity index (χ0v) is 15.5. The lowest BCUT2D eigenvalue weighted by atomic mass is 9.78. The van der Waals surface area contributed by atoms with Gasteiger partial charge >= 0.3 is 0 Å². The van der Waals surface area contributed by atoms with Crippen molar-refractivity contribution in [2.24, 2.45) is 12.0 Å². The van der Waals surface area contributed by atoms with Gasteiger partial charge in [0.2, 0.25) is 0 Å². The van der Waals surface area contributed by atoms with Crippen LogP contribution in [0.1, 0.15) is 44.8 Å². The zero-order valence-electron chi connectivity index (χ0n) is 15.5. The van der Waals surface area contributed by atoms with Crippen molar-refractivity contribution < 1.29 is 9.18 Å². The summed E-state index contributed by atoms with van der Waals surface area (Å²) in [5, 5.41) is 7.67. The minimum atomic E-state index is -0.435. The number of aromatic nitrogens is 3. The zero-order chi connectivity index (χ0) is 19.4. The summed E-state index contributed by atoms with van der Waals surface area (Å²) in [7, 11) is 1.84. The molecular formula is C21H18FN5O. The van der Waals surface area contributed by atoms with Crippen molar-refractivity contribution in [3.63, 3.8) is 0 Å². The first-order valence-electron chi connectivity index (χ1n) is 9.11. The summed E-state index contributed by atoms with van der Waals surface area (Å²) < 4.78 is 15.9. The Morgan fingerprint density at radius 3 is 2.71 bits per heavy atom. The summed E-state index contributed by atoms with van der Waals surface area (Å²) in [6, 6.07) is 10.7. The number of rotatable bonds is 2. The number of ketones is 1. The molecule has 5 rings (SSSR count). The summed E-state index contributed by atoms with van der Waals surface area (Å²) in [6.45, 7) is 2.05. The number of halogens is 1. The van der Waals surface area contributed by atoms with Crippen LogP contribution in [0, 0.1) is 12.7 Å². The largest absolute Gasteiger partial charge is 0.376 e. The van der Waals surface area contributed by atoms with Crippen LogP contribution in [0.5, 0.6) is 0 Å². The number of hydrogen-bond acceptors (Lipinski definition) is 5. The van der Waals surface area contributed by atoms with Crippen LogP contribution in [0.3, 0.4) is 0 Å². The molecule has 0 radical (unpaired) electrons. The van der Waals surface area contributed by atoms with Crippen LogP contribution in [-0.2, 0) is 7.05 Å². The Balaban J connectivity index is 1.76. The third kappa shape index (κ3) is 2.46. The SMILES string of the molecule is Cc1ccc([C@H]2Nc3cc(F)cc4c3C(=NCC4=O)[C@@H]2c2ncnn2C)cc1. The molecule has 2 aromatic carbocycles. The Kier molecular flexibility index (Phi) is 3.65. The maximum Gasteiger partial charge on any atom is 0.185 e. The van der Waals surface area contributed by atoms with E-state index in [0.717, 1.165) is 22.7 Å². The summed E-state index contributed by atoms with van der Waals surface area (Å²) >= 11 is 0. The van der Waals surface area contributed by atoms with E-state index in [-0.39, 0.29) is 24.3 Å². The molecule has 7 heteroatoms. The van der Waals surface area contributed by atoms with Crippen molar-refractivity contribution in [2.75, 3.05) is 11.9 Å². The molecule has 2 aliphatic heterocycles. The van der Waals surface area contributed by atoms with E-state index >= 15 is 0 Å². The molecule has 0 aliphatic carbocycles. The third-order valence-electron chi connectivity index (χ3n) is 5.45. The van der Waals surface area contributed by atoms with Gasteiger partial charge < -0.3 is 5.32 Å². The number of benzene rings is 2. The van der Waals surface area contributed by atoms with Crippen LogP contribution in [0.4, 0.5) is 10.1 Å². The number of carbonyl (C=O) groups is 1. The molecule has 6 nitrogen and oxygen atoms in total. The van der Waals surface area contributed by atoms with E-state index in [1.807, 2.05) is 26.1 Å². The van der Waals surface area contributed by atoms with Crippen LogP contribution in [0.2, 0.25) is 0 Å². The Morgan fingerprint density at radius 1 is 1.21 bits per heavy atom. The molecule has 0 bridgehead atoms. The number of nitrogens with zero attached hydrogens (tertiary/aromatic N) is 4. The van der Waals surface area contributed by atoms with E-state index in [1.165, 1.54) is 18.5 Å². The monoisotopic (exact) mass is 375 g/mol. The number of carbonyl (C=O) groups excluding carboxylic acids is 1. The second kappa shape index (κ2) is 6.09. The second-order valence-electron chi connectivity index (χ2n) is 7.25. The van der Waals surface area contributed by atoms with Crippen molar-refractivity contribution in [2.45, 2.75) is 18.9 Å². The topological polar surface area (TPSA) is 72.2 Å². The summed E-state index contributed by atoms with van der Waals surface area (Å²) in [4.78, 5) is 21.5. The number of aliphatic imine (C=N–C) groups is 1. The highest BCUT2D eigenvalue weighted by Gasteiger charge is 2.41. The third-order valence-corrected chi connectivity index (χ3v) is 5.45. The lowest BCUT2D eigenvalue weighted by Gasteiger charge is -2.37. The van der Waals surface area contributed by atoms with Gasteiger partial charge in [-0.3, -0.25) is 14.5 Å². The fraction of sp³-hybridized carbons (Fsp3) is 0.238. The number of hydrogen-bond donors (Lipinski definition) is 1. The van der Waals surface area contributed by atoms with Crippen LogP contribution < -0.4 is 5.32 Å². The fourth-order valence-corrected chi connectivity index (χ4v) is 4.11. The molecule has 3 heterocycles. The first kappa shape index (κ1) is 16.8. The first-order valence-corrected chi connectivity index (χ1v) is 9.11. The lowest BCUT2D eigenvalue weighted by Crippen LogP contribution is -2.37. The number of aryl methyl sites for hydroxylation is 2. The molecule has 0 saturated heterocycles. The number of nitrogens with one attached hydrogen (secondary N) is 1. The van der Waals surface area contributed by atoms with E-state index in [4.69, 9.17) is 0 Å². The Morgan fingerprint density at radius 2 is 2.00 bits per heavy atom. The van der Waals surface area contributed by atoms with Crippen molar-refractivity contribution in [1.29, 1.82) is 0 Å². The van der Waals surface area contributed by atoms with Crippen molar-refractivity contribution in [3.8, 4) is 0 Å². The highest BCUT2D eigenvalue weighted by Crippen LogP contribution is 2.44. The molecule has 1 N–H and O–H groups in total. The smallest absolute Gasteiger partial charge is 0.185 e. The highest BCUT2D eigenvalue weighted by molar-refractivity contribution is 6.21. The highest BCUT2D eigenvalue weighted by atomic mass is 19.1. The molecule has 28 heavy (non-hydrogen) atoms. The molecule has 0 unspecified atom stereocenters. The maximum absolute atomic E-state index is 14.2. The molecular weight excluding hydrogens is 357 g/mol. The van der Waals surface area contributed by atoms with Gasteiger partial charge in [0.05, 0.1) is 17.7 Å². The van der Waals surface area contributed by atoms with Gasteiger partial charge in [-0.05, 0) is 24.6 Å². The molecule has 3 aromatic rings. The summed E-state index contributed by atoms with van der Waals surface area (Å²) in [5.74, 6) is -0.116. The summed E-state index contributed by atoms with van der Waals surface area (Å²) in [5.41, 5.74) is 4.59. The average Bonchev–Trinajstić information content (AvgIpc) is 3.10. The molecule has 0 spiro atoms. The molecule has 2 aliphatic rings. The average molecular weight is 375 g/mol. The molecule has 1 aromatic heterocycles. The predicted molar refractivity (Wildman–Crippen MR) is 103 cm³/mol. The van der Waals surface area contributed by atoms with Crippen molar-refractivity contribution in [3.05, 3.63) is 76.6 Å². The van der Waals surface area contributed by atoms with Gasteiger partial charge in [0.1, 0.15) is 24.5 Å². The second-order valence-corrected chi connectivity index (χ2v) is 7.25. The van der Waals surface area contributed by atoms with Crippen LogP contribution in [-0.4, -0.2) is 32.8 Å². The van der Waals surface area contributed by atoms with Crippen molar-refractivity contribution in [1.82, 2.24) is 14.8 Å². The van der Waals surface area contributed by atoms with E-state index < -0.39 is 5.82 Å². The van der Waals surface area contributed by atoms with Gasteiger partial charge in [0, 0.05) is 23.9 Å². The van der Waals surface area contributed by atoms with Gasteiger partial charge in [-0.1, -0.05) is 29.8 Å². The minimum Gasteiger partial charge on any atom is -0.376 e. The Labute approximate surface area is 161 Å². The molecule has 0 fully saturated rings. The standard InChI is InChI=1S/C21H18FN5O/c1-11-3-5-12(6-4-11)19-18(21-24-10-25-27(21)2)20-17-14(16(28)9-23-20)7-13(22)8-15(17)26-19/h3-8,10,18-19,26H,9H2,1-2H3/t18-,19-/m1/s1. The Bertz CT molecular complexity index is 1130. The minimum absolute atomic E-state index is 0.0141. The maximum atomic E-state index is 14.2. The molecule has 0 amide bonds. The van der Waals surface area contributed by atoms with E-state index in [2.05, 4.69) is 32.5 Å². The van der Waals surface area contributed by atoms with Crippen LogP contribution in [0.25, 0.3) is 0 Å². The van der Waals surface area contributed by atoms with Crippen LogP contribution >= 0.6 is 0 Å². The van der Waals surface area contributed by atoms with E-state index in [0.29, 0.717) is 16.8 Å². The quantitative estimate of drug-likeness (QED) is 0.747. The fourth-order valence-electron chi connectivity index (χ4n) is 4.11. The van der Waals surface area contributed by atoms with Crippen molar-refractivity contribution >= 4 is 17.2 Å². The van der Waals surface area contributed by atoms with Gasteiger partial charge in [-0.25, -0.2) is 9.37 Å². The Hall–Kier alpha value is -3.35. The van der Waals surface area contributed by atoms with E-state index in [1.54, 1.807) is 4.68 Å². The normalized spacial score (nSPS) is 20.4. The number of anilines is 1. The molecule has 140 valence electrons. The molecule has 0 saturated carbocycles.